The number of nitrogens with one attached hydrogen (secondary N) is 1. The van der Waals surface area contributed by atoms with E-state index in [0.717, 1.165) is 5.69 Å². The molecule has 1 N–H and O–H groups in total. The topological polar surface area (TPSA) is 91.6 Å². The predicted octanol–water partition coefficient (Wildman–Crippen LogP) is 2.77. The molecule has 1 amide bonds. The highest BCUT2D eigenvalue weighted by Gasteiger charge is 2.25. The van der Waals surface area contributed by atoms with Crippen molar-refractivity contribution >= 4 is 45.4 Å². The largest absolute Gasteiger partial charge is 0.363 e. The first-order valence-electron chi connectivity index (χ1n) is 8.05. The Morgan fingerprint density at radius 2 is 2.12 bits per heavy atom. The number of aryl methyl sites for hydroxylation is 1. The average Bonchev–Trinajstić information content (AvgIpc) is 3.00. The maximum atomic E-state index is 12.1. The summed E-state index contributed by atoms with van der Waals surface area (Å²) in [4.78, 5) is 31.1. The molecule has 0 atom stereocenters. The summed E-state index contributed by atoms with van der Waals surface area (Å²) in [6, 6.07) is 4.69. The van der Waals surface area contributed by atoms with Crippen LogP contribution in [-0.2, 0) is 4.79 Å². The highest BCUT2D eigenvalue weighted by molar-refractivity contribution is 7.13. The van der Waals surface area contributed by atoms with Crippen molar-refractivity contribution in [3.8, 4) is 0 Å². The zero-order valence-corrected chi connectivity index (χ0v) is 15.7. The van der Waals surface area contributed by atoms with Crippen LogP contribution in [0.4, 0.5) is 16.5 Å². The SMILES string of the molecule is Cc1csc(NC(=O)CN2CCN(c3ccc(Cl)cc3[N+](=O)[O-])CC2)n1. The van der Waals surface area contributed by atoms with E-state index in [1.807, 2.05) is 22.1 Å². The van der Waals surface area contributed by atoms with Crippen molar-refractivity contribution < 1.29 is 9.72 Å². The van der Waals surface area contributed by atoms with E-state index in [2.05, 4.69) is 10.3 Å². The summed E-state index contributed by atoms with van der Waals surface area (Å²) in [7, 11) is 0. The van der Waals surface area contributed by atoms with Gasteiger partial charge in [-0.2, -0.15) is 0 Å². The molecule has 0 radical (unpaired) electrons. The van der Waals surface area contributed by atoms with E-state index in [1.54, 1.807) is 12.1 Å². The number of carbonyl (C=O) groups excluding carboxylic acids is 1. The number of anilines is 2. The van der Waals surface area contributed by atoms with Crippen molar-refractivity contribution in [2.24, 2.45) is 0 Å². The first-order chi connectivity index (χ1) is 12.4. The Hall–Kier alpha value is -2.23. The summed E-state index contributed by atoms with van der Waals surface area (Å²) in [6.45, 7) is 4.64. The van der Waals surface area contributed by atoms with Gasteiger partial charge in [-0.1, -0.05) is 11.6 Å². The molecule has 1 saturated heterocycles. The number of piperazine rings is 1. The van der Waals surface area contributed by atoms with Gasteiger partial charge in [-0.15, -0.1) is 11.3 Å². The Bertz CT molecular complexity index is 820. The van der Waals surface area contributed by atoms with Crippen LogP contribution in [0.25, 0.3) is 0 Å². The Labute approximate surface area is 159 Å². The molecule has 1 aromatic carbocycles. The third-order valence-corrected chi connectivity index (χ3v) is 5.19. The summed E-state index contributed by atoms with van der Waals surface area (Å²) in [6.07, 6.45) is 0. The third-order valence-electron chi connectivity index (χ3n) is 4.08. The van der Waals surface area contributed by atoms with E-state index in [-0.39, 0.29) is 18.1 Å². The molecule has 138 valence electrons. The summed E-state index contributed by atoms with van der Waals surface area (Å²) in [5.74, 6) is -0.106. The number of nitrogens with zero attached hydrogens (tertiary/aromatic N) is 4. The molecule has 0 unspecified atom stereocenters. The van der Waals surface area contributed by atoms with Gasteiger partial charge in [0.25, 0.3) is 5.69 Å². The fraction of sp³-hybridized carbons (Fsp3) is 0.375. The van der Waals surface area contributed by atoms with Crippen molar-refractivity contribution in [3.05, 3.63) is 44.4 Å². The molecule has 0 aliphatic carbocycles. The number of rotatable bonds is 5. The van der Waals surface area contributed by atoms with Crippen LogP contribution in [0.1, 0.15) is 5.69 Å². The predicted molar refractivity (Wildman–Crippen MR) is 102 cm³/mol. The van der Waals surface area contributed by atoms with Crippen molar-refractivity contribution in [1.29, 1.82) is 0 Å². The molecule has 1 fully saturated rings. The van der Waals surface area contributed by atoms with Crippen LogP contribution in [0.2, 0.25) is 5.02 Å². The van der Waals surface area contributed by atoms with Crippen LogP contribution in [0, 0.1) is 17.0 Å². The standard InChI is InChI=1S/C16H18ClN5O3S/c1-11-10-26-16(18-11)19-15(23)9-20-4-6-21(7-5-20)13-3-2-12(17)8-14(13)22(24)25/h2-3,8,10H,4-7,9H2,1H3,(H,18,19,23). The van der Waals surface area contributed by atoms with Gasteiger partial charge in [0.15, 0.2) is 5.13 Å². The van der Waals surface area contributed by atoms with Gasteiger partial charge in [0.2, 0.25) is 5.91 Å². The minimum Gasteiger partial charge on any atom is -0.363 e. The summed E-state index contributed by atoms with van der Waals surface area (Å²) in [5, 5.41) is 16.9. The van der Waals surface area contributed by atoms with Gasteiger partial charge >= 0.3 is 0 Å². The number of hydrogen-bond acceptors (Lipinski definition) is 7. The van der Waals surface area contributed by atoms with Gasteiger partial charge in [0.1, 0.15) is 5.69 Å². The van der Waals surface area contributed by atoms with Crippen LogP contribution < -0.4 is 10.2 Å². The number of amides is 1. The molecular weight excluding hydrogens is 378 g/mol. The molecule has 26 heavy (non-hydrogen) atoms. The maximum Gasteiger partial charge on any atom is 0.294 e. The second-order valence-corrected chi connectivity index (χ2v) is 7.29. The molecule has 2 heterocycles. The summed E-state index contributed by atoms with van der Waals surface area (Å²) in [5.41, 5.74) is 1.44. The molecule has 1 aliphatic rings. The van der Waals surface area contributed by atoms with Crippen LogP contribution in [0.3, 0.4) is 0 Å². The number of benzene rings is 1. The van der Waals surface area contributed by atoms with E-state index in [4.69, 9.17) is 11.6 Å². The lowest BCUT2D eigenvalue weighted by molar-refractivity contribution is -0.384. The van der Waals surface area contributed by atoms with Gasteiger partial charge in [-0.25, -0.2) is 4.98 Å². The summed E-state index contributed by atoms with van der Waals surface area (Å²) >= 11 is 7.27. The van der Waals surface area contributed by atoms with E-state index < -0.39 is 4.92 Å². The number of nitro groups is 1. The quantitative estimate of drug-likeness (QED) is 0.618. The van der Waals surface area contributed by atoms with Gasteiger partial charge in [0, 0.05) is 42.6 Å². The van der Waals surface area contributed by atoms with Crippen LogP contribution in [0.15, 0.2) is 23.6 Å². The fourth-order valence-corrected chi connectivity index (χ4v) is 3.70. The van der Waals surface area contributed by atoms with Crippen molar-refractivity contribution in [2.75, 3.05) is 42.9 Å². The van der Waals surface area contributed by atoms with Crippen molar-refractivity contribution in [1.82, 2.24) is 9.88 Å². The van der Waals surface area contributed by atoms with E-state index in [1.165, 1.54) is 17.4 Å². The smallest absolute Gasteiger partial charge is 0.294 e. The fourth-order valence-electron chi connectivity index (χ4n) is 2.83. The third kappa shape index (κ3) is 4.48. The number of hydrogen-bond donors (Lipinski definition) is 1. The van der Waals surface area contributed by atoms with E-state index >= 15 is 0 Å². The monoisotopic (exact) mass is 395 g/mol. The number of halogens is 1. The van der Waals surface area contributed by atoms with E-state index in [9.17, 15) is 14.9 Å². The Morgan fingerprint density at radius 3 is 2.73 bits per heavy atom. The molecule has 0 bridgehead atoms. The van der Waals surface area contributed by atoms with E-state index in [0.29, 0.717) is 42.0 Å². The molecule has 10 heteroatoms. The minimum absolute atomic E-state index is 0.00262. The average molecular weight is 396 g/mol. The second-order valence-electron chi connectivity index (χ2n) is 6.00. The Morgan fingerprint density at radius 1 is 1.38 bits per heavy atom. The minimum atomic E-state index is -0.420. The van der Waals surface area contributed by atoms with Crippen LogP contribution in [0.5, 0.6) is 0 Å². The molecule has 1 aromatic heterocycles. The first kappa shape index (κ1) is 18.6. The number of aromatic nitrogens is 1. The molecule has 0 spiro atoms. The number of thiazole rings is 1. The number of nitro benzene ring substituents is 1. The zero-order valence-electron chi connectivity index (χ0n) is 14.1. The Balaban J connectivity index is 1.56. The van der Waals surface area contributed by atoms with Gasteiger partial charge in [-0.3, -0.25) is 19.8 Å². The first-order valence-corrected chi connectivity index (χ1v) is 9.31. The molecular formula is C16H18ClN5O3S. The Kier molecular flexibility index (Phi) is 5.70. The van der Waals surface area contributed by atoms with Crippen molar-refractivity contribution in [3.63, 3.8) is 0 Å². The molecule has 3 rings (SSSR count). The highest BCUT2D eigenvalue weighted by atomic mass is 35.5. The molecule has 0 saturated carbocycles. The van der Waals surface area contributed by atoms with Crippen molar-refractivity contribution in [2.45, 2.75) is 6.92 Å². The van der Waals surface area contributed by atoms with Gasteiger partial charge in [0.05, 0.1) is 17.2 Å². The normalized spacial score (nSPS) is 15.1. The van der Waals surface area contributed by atoms with Gasteiger partial charge < -0.3 is 10.2 Å². The lowest BCUT2D eigenvalue weighted by atomic mass is 10.2. The summed E-state index contributed by atoms with van der Waals surface area (Å²) < 4.78 is 0. The lowest BCUT2D eigenvalue weighted by Gasteiger charge is -2.35. The highest BCUT2D eigenvalue weighted by Crippen LogP contribution is 2.31. The van der Waals surface area contributed by atoms with Crippen LogP contribution >= 0.6 is 22.9 Å². The molecule has 8 nitrogen and oxygen atoms in total. The second kappa shape index (κ2) is 7.98. The number of carbonyl (C=O) groups is 1. The lowest BCUT2D eigenvalue weighted by Crippen LogP contribution is -2.48. The molecule has 2 aromatic rings. The van der Waals surface area contributed by atoms with Gasteiger partial charge in [-0.05, 0) is 19.1 Å². The maximum absolute atomic E-state index is 12.1. The van der Waals surface area contributed by atoms with Crippen LogP contribution in [-0.4, -0.2) is 53.4 Å². The molecule has 1 aliphatic heterocycles. The zero-order chi connectivity index (χ0) is 18.7.